The molecule has 1 unspecified atom stereocenters. The number of carbonyl (C=O) groups excluding carboxylic acids is 1. The third kappa shape index (κ3) is 2.81. The van der Waals surface area contributed by atoms with Crippen molar-refractivity contribution in [2.24, 2.45) is 5.41 Å². The van der Waals surface area contributed by atoms with Gasteiger partial charge in [0.2, 0.25) is 5.91 Å². The van der Waals surface area contributed by atoms with E-state index in [1.165, 1.54) is 0 Å². The van der Waals surface area contributed by atoms with Crippen LogP contribution in [0.5, 0.6) is 0 Å². The Morgan fingerprint density at radius 3 is 2.42 bits per heavy atom. The minimum absolute atomic E-state index is 0.0541. The second kappa shape index (κ2) is 5.14. The van der Waals surface area contributed by atoms with Gasteiger partial charge in [0.25, 0.3) is 0 Å². The SMILES string of the molecule is CCOCC(C)(CC)C(=O)NC. The van der Waals surface area contributed by atoms with Crippen LogP contribution >= 0.6 is 0 Å². The molecule has 0 saturated heterocycles. The van der Waals surface area contributed by atoms with Gasteiger partial charge in [-0.1, -0.05) is 6.92 Å². The van der Waals surface area contributed by atoms with Crippen molar-refractivity contribution in [2.75, 3.05) is 20.3 Å². The number of amides is 1. The highest BCUT2D eigenvalue weighted by molar-refractivity contribution is 5.81. The summed E-state index contributed by atoms with van der Waals surface area (Å²) in [6, 6.07) is 0. The van der Waals surface area contributed by atoms with Crippen LogP contribution in [-0.2, 0) is 9.53 Å². The second-order valence-electron chi connectivity index (χ2n) is 3.13. The Hall–Kier alpha value is -0.570. The van der Waals surface area contributed by atoms with E-state index >= 15 is 0 Å². The van der Waals surface area contributed by atoms with Gasteiger partial charge in [0, 0.05) is 13.7 Å². The predicted octanol–water partition coefficient (Wildman–Crippen LogP) is 1.19. The van der Waals surface area contributed by atoms with E-state index in [-0.39, 0.29) is 11.3 Å². The number of rotatable bonds is 5. The fourth-order valence-electron chi connectivity index (χ4n) is 0.957. The smallest absolute Gasteiger partial charge is 0.228 e. The monoisotopic (exact) mass is 173 g/mol. The first-order valence-corrected chi connectivity index (χ1v) is 4.40. The molecule has 0 aliphatic rings. The molecule has 12 heavy (non-hydrogen) atoms. The molecule has 0 spiro atoms. The average Bonchev–Trinajstić information content (AvgIpc) is 2.12. The molecule has 1 amide bonds. The Morgan fingerprint density at radius 1 is 1.50 bits per heavy atom. The Labute approximate surface area is 74.5 Å². The summed E-state index contributed by atoms with van der Waals surface area (Å²) in [5, 5.41) is 2.65. The molecule has 0 aliphatic heterocycles. The molecule has 0 fully saturated rings. The maximum absolute atomic E-state index is 11.4. The zero-order valence-electron chi connectivity index (χ0n) is 8.44. The maximum atomic E-state index is 11.4. The summed E-state index contributed by atoms with van der Waals surface area (Å²) >= 11 is 0. The van der Waals surface area contributed by atoms with Crippen LogP contribution < -0.4 is 5.32 Å². The van der Waals surface area contributed by atoms with E-state index in [4.69, 9.17) is 4.74 Å². The summed E-state index contributed by atoms with van der Waals surface area (Å²) in [5.74, 6) is 0.0541. The van der Waals surface area contributed by atoms with Crippen molar-refractivity contribution in [3.8, 4) is 0 Å². The molecule has 3 heteroatoms. The molecule has 3 nitrogen and oxygen atoms in total. The molecule has 1 atom stereocenters. The van der Waals surface area contributed by atoms with Gasteiger partial charge in [0.1, 0.15) is 0 Å². The van der Waals surface area contributed by atoms with Crippen molar-refractivity contribution in [1.82, 2.24) is 5.32 Å². The van der Waals surface area contributed by atoms with Crippen LogP contribution in [0.2, 0.25) is 0 Å². The normalized spacial score (nSPS) is 15.3. The summed E-state index contributed by atoms with van der Waals surface area (Å²) < 4.78 is 5.25. The van der Waals surface area contributed by atoms with E-state index in [1.807, 2.05) is 20.8 Å². The van der Waals surface area contributed by atoms with Gasteiger partial charge in [-0.25, -0.2) is 0 Å². The lowest BCUT2D eigenvalue weighted by molar-refractivity contribution is -0.133. The Balaban J connectivity index is 4.13. The zero-order chi connectivity index (χ0) is 9.61. The van der Waals surface area contributed by atoms with E-state index < -0.39 is 0 Å². The number of hydrogen-bond donors (Lipinski definition) is 1. The summed E-state index contributed by atoms with van der Waals surface area (Å²) in [4.78, 5) is 11.4. The third-order valence-electron chi connectivity index (χ3n) is 2.18. The number of ether oxygens (including phenoxy) is 1. The first kappa shape index (κ1) is 11.4. The fraction of sp³-hybridized carbons (Fsp3) is 0.889. The van der Waals surface area contributed by atoms with Crippen molar-refractivity contribution in [1.29, 1.82) is 0 Å². The van der Waals surface area contributed by atoms with Gasteiger partial charge in [-0.15, -0.1) is 0 Å². The largest absolute Gasteiger partial charge is 0.381 e. The molecular formula is C9H19NO2. The number of carbonyl (C=O) groups is 1. The Bertz CT molecular complexity index is 147. The van der Waals surface area contributed by atoms with Crippen LogP contribution in [0.4, 0.5) is 0 Å². The molecule has 0 aromatic rings. The summed E-state index contributed by atoms with van der Waals surface area (Å²) in [6.07, 6.45) is 0.798. The minimum Gasteiger partial charge on any atom is -0.381 e. The third-order valence-corrected chi connectivity index (χ3v) is 2.18. The maximum Gasteiger partial charge on any atom is 0.228 e. The molecule has 0 radical (unpaired) electrons. The highest BCUT2D eigenvalue weighted by atomic mass is 16.5. The average molecular weight is 173 g/mol. The Kier molecular flexibility index (Phi) is 4.90. The van der Waals surface area contributed by atoms with Crippen LogP contribution in [0.15, 0.2) is 0 Å². The highest BCUT2D eigenvalue weighted by Gasteiger charge is 2.30. The van der Waals surface area contributed by atoms with Gasteiger partial charge >= 0.3 is 0 Å². The van der Waals surface area contributed by atoms with Crippen molar-refractivity contribution >= 4 is 5.91 Å². The topological polar surface area (TPSA) is 38.3 Å². The van der Waals surface area contributed by atoms with Gasteiger partial charge < -0.3 is 10.1 Å². The standard InChI is InChI=1S/C9H19NO2/c1-5-9(3,7-12-6-2)8(11)10-4/h5-7H2,1-4H3,(H,10,11). The summed E-state index contributed by atoms with van der Waals surface area (Å²) in [5.41, 5.74) is -0.370. The van der Waals surface area contributed by atoms with Crippen LogP contribution in [0.3, 0.4) is 0 Å². The van der Waals surface area contributed by atoms with E-state index in [2.05, 4.69) is 5.32 Å². The van der Waals surface area contributed by atoms with Crippen molar-refractivity contribution in [2.45, 2.75) is 27.2 Å². The van der Waals surface area contributed by atoms with Crippen LogP contribution in [-0.4, -0.2) is 26.2 Å². The molecule has 72 valence electrons. The lowest BCUT2D eigenvalue weighted by Crippen LogP contribution is -2.40. The summed E-state index contributed by atoms with van der Waals surface area (Å²) in [7, 11) is 1.65. The molecule has 0 aromatic carbocycles. The van der Waals surface area contributed by atoms with Crippen molar-refractivity contribution in [3.63, 3.8) is 0 Å². The molecule has 0 saturated carbocycles. The van der Waals surface area contributed by atoms with Crippen LogP contribution in [0.1, 0.15) is 27.2 Å². The van der Waals surface area contributed by atoms with Gasteiger partial charge in [0.15, 0.2) is 0 Å². The van der Waals surface area contributed by atoms with Gasteiger partial charge in [-0.3, -0.25) is 4.79 Å². The molecule has 0 aliphatic carbocycles. The molecule has 0 rings (SSSR count). The predicted molar refractivity (Wildman–Crippen MR) is 49.0 cm³/mol. The van der Waals surface area contributed by atoms with E-state index in [0.717, 1.165) is 6.42 Å². The minimum atomic E-state index is -0.370. The van der Waals surface area contributed by atoms with E-state index in [0.29, 0.717) is 13.2 Å². The van der Waals surface area contributed by atoms with E-state index in [9.17, 15) is 4.79 Å². The second-order valence-corrected chi connectivity index (χ2v) is 3.13. The quantitative estimate of drug-likeness (QED) is 0.678. The van der Waals surface area contributed by atoms with Crippen LogP contribution in [0.25, 0.3) is 0 Å². The van der Waals surface area contributed by atoms with Crippen molar-refractivity contribution in [3.05, 3.63) is 0 Å². The molecular weight excluding hydrogens is 154 g/mol. The summed E-state index contributed by atoms with van der Waals surface area (Å²) in [6.45, 7) is 7.00. The van der Waals surface area contributed by atoms with Gasteiger partial charge in [0.05, 0.1) is 12.0 Å². The van der Waals surface area contributed by atoms with Crippen LogP contribution in [0, 0.1) is 5.41 Å². The first-order valence-electron chi connectivity index (χ1n) is 4.40. The molecule has 0 aromatic heterocycles. The van der Waals surface area contributed by atoms with Gasteiger partial charge in [-0.05, 0) is 20.3 Å². The lowest BCUT2D eigenvalue weighted by Gasteiger charge is -2.25. The molecule has 0 heterocycles. The molecule has 0 bridgehead atoms. The van der Waals surface area contributed by atoms with E-state index in [1.54, 1.807) is 7.05 Å². The number of nitrogens with one attached hydrogen (secondary N) is 1. The highest BCUT2D eigenvalue weighted by Crippen LogP contribution is 2.21. The first-order chi connectivity index (χ1) is 5.60. The molecule has 1 N–H and O–H groups in total. The zero-order valence-corrected chi connectivity index (χ0v) is 8.44. The fourth-order valence-corrected chi connectivity index (χ4v) is 0.957. The van der Waals surface area contributed by atoms with Gasteiger partial charge in [-0.2, -0.15) is 0 Å². The number of hydrogen-bond acceptors (Lipinski definition) is 2. The van der Waals surface area contributed by atoms with Crippen molar-refractivity contribution < 1.29 is 9.53 Å². The Morgan fingerprint density at radius 2 is 2.08 bits per heavy atom. The lowest BCUT2D eigenvalue weighted by atomic mass is 9.87.